The molecule has 0 amide bonds. The second-order valence-electron chi connectivity index (χ2n) is 5.35. The molecule has 2 rings (SSSR count). The van der Waals surface area contributed by atoms with Crippen molar-refractivity contribution in [1.29, 1.82) is 0 Å². The number of benzene rings is 2. The minimum absolute atomic E-state index is 0.558. The van der Waals surface area contributed by atoms with Crippen LogP contribution in [-0.2, 0) is 6.42 Å². The third-order valence-corrected chi connectivity index (χ3v) is 3.55. The Balaban J connectivity index is 1.98. The number of rotatable bonds is 5. The summed E-state index contributed by atoms with van der Waals surface area (Å²) in [5.74, 6) is 0.558. The maximum Gasteiger partial charge on any atom is 0.0375 e. The molecule has 0 aliphatic carbocycles. The highest BCUT2D eigenvalue weighted by Gasteiger charge is 2.05. The van der Waals surface area contributed by atoms with Crippen molar-refractivity contribution >= 4 is 5.69 Å². The van der Waals surface area contributed by atoms with Gasteiger partial charge in [-0.2, -0.15) is 0 Å². The molecule has 1 heteroatoms. The van der Waals surface area contributed by atoms with Crippen molar-refractivity contribution in [2.24, 2.45) is 0 Å². The van der Waals surface area contributed by atoms with Gasteiger partial charge in [0, 0.05) is 12.2 Å². The van der Waals surface area contributed by atoms with Crippen molar-refractivity contribution in [3.63, 3.8) is 0 Å². The Morgan fingerprint density at radius 1 is 0.947 bits per heavy atom. The third kappa shape index (κ3) is 3.60. The molecule has 0 fully saturated rings. The maximum atomic E-state index is 3.57. The molecule has 0 bridgehead atoms. The molecule has 19 heavy (non-hydrogen) atoms. The molecule has 0 unspecified atom stereocenters. The van der Waals surface area contributed by atoms with Gasteiger partial charge in [0.15, 0.2) is 0 Å². The number of para-hydroxylation sites is 1. The Kier molecular flexibility index (Phi) is 4.62. The van der Waals surface area contributed by atoms with Crippen LogP contribution in [0.2, 0.25) is 0 Å². The summed E-state index contributed by atoms with van der Waals surface area (Å²) in [6, 6.07) is 17.2. The second kappa shape index (κ2) is 6.42. The SMILES string of the molecule is Cc1ccccc1CCNc1ccccc1C(C)C. The van der Waals surface area contributed by atoms with Gasteiger partial charge in [0.2, 0.25) is 0 Å². The van der Waals surface area contributed by atoms with Crippen LogP contribution in [0, 0.1) is 6.92 Å². The Morgan fingerprint density at radius 2 is 1.63 bits per heavy atom. The Bertz CT molecular complexity index is 529. The highest BCUT2D eigenvalue weighted by molar-refractivity contribution is 5.52. The molecule has 0 aliphatic rings. The number of nitrogens with one attached hydrogen (secondary N) is 1. The monoisotopic (exact) mass is 253 g/mol. The predicted octanol–water partition coefficient (Wildman–Crippen LogP) is 4.77. The first-order chi connectivity index (χ1) is 9.18. The first-order valence-corrected chi connectivity index (χ1v) is 7.06. The summed E-state index contributed by atoms with van der Waals surface area (Å²) in [5, 5.41) is 3.57. The fraction of sp³-hybridized carbons (Fsp3) is 0.333. The van der Waals surface area contributed by atoms with Gasteiger partial charge in [-0.1, -0.05) is 56.3 Å². The fourth-order valence-electron chi connectivity index (χ4n) is 2.38. The Morgan fingerprint density at radius 3 is 2.37 bits per heavy atom. The number of hydrogen-bond donors (Lipinski definition) is 1. The van der Waals surface area contributed by atoms with E-state index < -0.39 is 0 Å². The Hall–Kier alpha value is -1.76. The lowest BCUT2D eigenvalue weighted by atomic mass is 10.0. The van der Waals surface area contributed by atoms with Gasteiger partial charge in [-0.05, 0) is 42.0 Å². The normalized spacial score (nSPS) is 10.7. The van der Waals surface area contributed by atoms with E-state index in [1.807, 2.05) is 0 Å². The van der Waals surface area contributed by atoms with Crippen molar-refractivity contribution in [2.75, 3.05) is 11.9 Å². The zero-order valence-electron chi connectivity index (χ0n) is 12.1. The van der Waals surface area contributed by atoms with Gasteiger partial charge >= 0.3 is 0 Å². The van der Waals surface area contributed by atoms with E-state index in [4.69, 9.17) is 0 Å². The molecular weight excluding hydrogens is 230 g/mol. The number of anilines is 1. The molecule has 0 spiro atoms. The summed E-state index contributed by atoms with van der Waals surface area (Å²) in [4.78, 5) is 0. The minimum Gasteiger partial charge on any atom is -0.384 e. The van der Waals surface area contributed by atoms with Crippen LogP contribution in [0.3, 0.4) is 0 Å². The van der Waals surface area contributed by atoms with Crippen molar-refractivity contribution in [3.8, 4) is 0 Å². The van der Waals surface area contributed by atoms with E-state index in [0.717, 1.165) is 13.0 Å². The zero-order chi connectivity index (χ0) is 13.7. The highest BCUT2D eigenvalue weighted by atomic mass is 14.9. The van der Waals surface area contributed by atoms with Crippen LogP contribution in [0.4, 0.5) is 5.69 Å². The smallest absolute Gasteiger partial charge is 0.0375 e. The molecular formula is C18H23N. The van der Waals surface area contributed by atoms with Gasteiger partial charge in [0.1, 0.15) is 0 Å². The van der Waals surface area contributed by atoms with E-state index in [9.17, 15) is 0 Å². The average molecular weight is 253 g/mol. The van der Waals surface area contributed by atoms with Gasteiger partial charge in [0.05, 0.1) is 0 Å². The van der Waals surface area contributed by atoms with Gasteiger partial charge in [-0.3, -0.25) is 0 Å². The van der Waals surface area contributed by atoms with Crippen LogP contribution < -0.4 is 5.32 Å². The van der Waals surface area contributed by atoms with Gasteiger partial charge in [-0.15, -0.1) is 0 Å². The van der Waals surface area contributed by atoms with Crippen molar-refractivity contribution < 1.29 is 0 Å². The minimum atomic E-state index is 0.558. The summed E-state index contributed by atoms with van der Waals surface area (Å²) in [6.07, 6.45) is 1.07. The molecule has 0 heterocycles. The third-order valence-electron chi connectivity index (χ3n) is 3.55. The van der Waals surface area contributed by atoms with Crippen molar-refractivity contribution in [1.82, 2.24) is 0 Å². The zero-order valence-corrected chi connectivity index (χ0v) is 12.1. The van der Waals surface area contributed by atoms with E-state index in [-0.39, 0.29) is 0 Å². The lowest BCUT2D eigenvalue weighted by molar-refractivity contribution is 0.864. The molecule has 0 aromatic heterocycles. The molecule has 0 saturated heterocycles. The summed E-state index contributed by atoms with van der Waals surface area (Å²) in [7, 11) is 0. The summed E-state index contributed by atoms with van der Waals surface area (Å²) in [6.45, 7) is 7.63. The van der Waals surface area contributed by atoms with Gasteiger partial charge < -0.3 is 5.32 Å². The van der Waals surface area contributed by atoms with E-state index in [2.05, 4.69) is 74.6 Å². The standard InChI is InChI=1S/C18H23N/c1-14(2)17-10-6-7-11-18(17)19-13-12-16-9-5-4-8-15(16)3/h4-11,14,19H,12-13H2,1-3H3. The van der Waals surface area contributed by atoms with Crippen LogP contribution in [0.15, 0.2) is 48.5 Å². The number of aryl methyl sites for hydroxylation is 1. The number of hydrogen-bond acceptors (Lipinski definition) is 1. The molecule has 2 aromatic rings. The molecule has 0 aliphatic heterocycles. The molecule has 2 aromatic carbocycles. The van der Waals surface area contributed by atoms with E-state index in [0.29, 0.717) is 5.92 Å². The summed E-state index contributed by atoms with van der Waals surface area (Å²) >= 11 is 0. The van der Waals surface area contributed by atoms with Gasteiger partial charge in [-0.25, -0.2) is 0 Å². The quantitative estimate of drug-likeness (QED) is 0.809. The molecule has 0 saturated carbocycles. The largest absolute Gasteiger partial charge is 0.384 e. The summed E-state index contributed by atoms with van der Waals surface area (Å²) in [5.41, 5.74) is 5.47. The molecule has 1 nitrogen and oxygen atoms in total. The lowest BCUT2D eigenvalue weighted by Gasteiger charge is -2.15. The first-order valence-electron chi connectivity index (χ1n) is 7.06. The van der Waals surface area contributed by atoms with Crippen LogP contribution >= 0.6 is 0 Å². The second-order valence-corrected chi connectivity index (χ2v) is 5.35. The van der Waals surface area contributed by atoms with E-state index in [1.54, 1.807) is 0 Å². The average Bonchev–Trinajstić information content (AvgIpc) is 2.41. The first kappa shape index (κ1) is 13.7. The van der Waals surface area contributed by atoms with Crippen LogP contribution in [0.25, 0.3) is 0 Å². The van der Waals surface area contributed by atoms with E-state index >= 15 is 0 Å². The summed E-state index contributed by atoms with van der Waals surface area (Å²) < 4.78 is 0. The van der Waals surface area contributed by atoms with Gasteiger partial charge in [0.25, 0.3) is 0 Å². The van der Waals surface area contributed by atoms with Crippen molar-refractivity contribution in [2.45, 2.75) is 33.1 Å². The molecule has 0 atom stereocenters. The highest BCUT2D eigenvalue weighted by Crippen LogP contribution is 2.23. The topological polar surface area (TPSA) is 12.0 Å². The van der Waals surface area contributed by atoms with Crippen LogP contribution in [0.5, 0.6) is 0 Å². The molecule has 100 valence electrons. The van der Waals surface area contributed by atoms with Crippen LogP contribution in [0.1, 0.15) is 36.5 Å². The predicted molar refractivity (Wildman–Crippen MR) is 83.9 cm³/mol. The lowest BCUT2D eigenvalue weighted by Crippen LogP contribution is -2.08. The maximum absolute atomic E-state index is 3.57. The van der Waals surface area contributed by atoms with E-state index in [1.165, 1.54) is 22.4 Å². The fourth-order valence-corrected chi connectivity index (χ4v) is 2.38. The Labute approximate surface area is 116 Å². The van der Waals surface area contributed by atoms with Crippen molar-refractivity contribution in [3.05, 3.63) is 65.2 Å². The molecule has 1 N–H and O–H groups in total. The molecule has 0 radical (unpaired) electrons. The van der Waals surface area contributed by atoms with Crippen LogP contribution in [-0.4, -0.2) is 6.54 Å².